The summed E-state index contributed by atoms with van der Waals surface area (Å²) in [6.45, 7) is 5.03. The fourth-order valence-electron chi connectivity index (χ4n) is 2.12. The number of imidazole rings is 1. The van der Waals surface area contributed by atoms with Gasteiger partial charge in [0.2, 0.25) is 0 Å². The summed E-state index contributed by atoms with van der Waals surface area (Å²) in [5.41, 5.74) is 0.709. The molecule has 1 aliphatic heterocycles. The van der Waals surface area contributed by atoms with E-state index in [0.29, 0.717) is 5.69 Å². The van der Waals surface area contributed by atoms with Crippen LogP contribution in [0.4, 0.5) is 0 Å². The van der Waals surface area contributed by atoms with Gasteiger partial charge in [-0.2, -0.15) is 0 Å². The van der Waals surface area contributed by atoms with Crippen LogP contribution in [0.5, 0.6) is 0 Å². The van der Waals surface area contributed by atoms with Crippen molar-refractivity contribution in [2.45, 2.75) is 19.8 Å². The molecule has 1 aliphatic rings. The van der Waals surface area contributed by atoms with Gasteiger partial charge in [0.1, 0.15) is 5.69 Å². The monoisotopic (exact) mass is 236 g/mol. The van der Waals surface area contributed by atoms with Crippen LogP contribution in [-0.4, -0.2) is 35.1 Å². The van der Waals surface area contributed by atoms with E-state index in [2.05, 4.69) is 22.5 Å². The summed E-state index contributed by atoms with van der Waals surface area (Å²) >= 11 is 0. The van der Waals surface area contributed by atoms with E-state index in [-0.39, 0.29) is 11.3 Å². The molecule has 5 nitrogen and oxygen atoms in total. The second-order valence-corrected chi connectivity index (χ2v) is 5.17. The Hall–Kier alpha value is -1.36. The molecule has 17 heavy (non-hydrogen) atoms. The number of aromatic nitrogens is 2. The maximum Gasteiger partial charge on any atom is 0.271 e. The first kappa shape index (κ1) is 12.1. The van der Waals surface area contributed by atoms with Gasteiger partial charge in [0.05, 0.1) is 6.33 Å². The van der Waals surface area contributed by atoms with Gasteiger partial charge < -0.3 is 15.2 Å². The summed E-state index contributed by atoms with van der Waals surface area (Å²) in [5, 5.41) is 6.31. The summed E-state index contributed by atoms with van der Waals surface area (Å²) < 4.78 is 1.78. The van der Waals surface area contributed by atoms with Gasteiger partial charge >= 0.3 is 0 Å². The Morgan fingerprint density at radius 1 is 1.59 bits per heavy atom. The van der Waals surface area contributed by atoms with Gasteiger partial charge in [-0.05, 0) is 31.3 Å². The van der Waals surface area contributed by atoms with Crippen LogP contribution in [0, 0.1) is 5.41 Å². The zero-order valence-corrected chi connectivity index (χ0v) is 10.5. The molecule has 1 aromatic heterocycles. The lowest BCUT2D eigenvalue weighted by Gasteiger charge is -2.34. The van der Waals surface area contributed by atoms with E-state index in [4.69, 9.17) is 0 Å². The molecule has 2 heterocycles. The normalized spacial score (nSPS) is 18.9. The van der Waals surface area contributed by atoms with Crippen molar-refractivity contribution < 1.29 is 4.79 Å². The Bertz CT molecular complexity index is 393. The summed E-state index contributed by atoms with van der Waals surface area (Å²) in [4.78, 5) is 15.9. The molecule has 1 saturated heterocycles. The first-order chi connectivity index (χ1) is 8.09. The SMILES string of the molecule is Cn1cnc(C(=O)NCC2(C)CCNCC2)c1. The van der Waals surface area contributed by atoms with Gasteiger partial charge in [0, 0.05) is 19.8 Å². The number of nitrogens with zero attached hydrogens (tertiary/aromatic N) is 2. The molecule has 0 radical (unpaired) electrons. The van der Waals surface area contributed by atoms with Crippen LogP contribution in [0.1, 0.15) is 30.3 Å². The van der Waals surface area contributed by atoms with Gasteiger partial charge in [0.25, 0.3) is 5.91 Å². The summed E-state index contributed by atoms with van der Waals surface area (Å²) in [5.74, 6) is -0.0784. The van der Waals surface area contributed by atoms with Crippen molar-refractivity contribution in [2.24, 2.45) is 12.5 Å². The predicted molar refractivity (Wildman–Crippen MR) is 65.8 cm³/mol. The first-order valence-electron chi connectivity index (χ1n) is 6.06. The van der Waals surface area contributed by atoms with E-state index in [1.807, 2.05) is 7.05 Å². The molecule has 1 fully saturated rings. The summed E-state index contributed by atoms with van der Waals surface area (Å²) in [6, 6.07) is 0. The molecule has 0 unspecified atom stereocenters. The van der Waals surface area contributed by atoms with Crippen molar-refractivity contribution in [1.82, 2.24) is 20.2 Å². The molecule has 5 heteroatoms. The number of hydrogen-bond acceptors (Lipinski definition) is 3. The second-order valence-electron chi connectivity index (χ2n) is 5.17. The van der Waals surface area contributed by atoms with Crippen molar-refractivity contribution in [3.05, 3.63) is 18.2 Å². The second kappa shape index (κ2) is 4.87. The van der Waals surface area contributed by atoms with Crippen LogP contribution in [0.3, 0.4) is 0 Å². The molecule has 0 aromatic carbocycles. The molecular weight excluding hydrogens is 216 g/mol. The maximum absolute atomic E-state index is 11.8. The van der Waals surface area contributed by atoms with Crippen LogP contribution < -0.4 is 10.6 Å². The number of nitrogens with one attached hydrogen (secondary N) is 2. The van der Waals surface area contributed by atoms with E-state index in [9.17, 15) is 4.79 Å². The van der Waals surface area contributed by atoms with Crippen LogP contribution in [0.15, 0.2) is 12.5 Å². The Balaban J connectivity index is 1.87. The van der Waals surface area contributed by atoms with E-state index in [0.717, 1.165) is 32.5 Å². The first-order valence-corrected chi connectivity index (χ1v) is 6.06. The van der Waals surface area contributed by atoms with Crippen LogP contribution in [-0.2, 0) is 7.05 Å². The third kappa shape index (κ3) is 3.06. The number of carbonyl (C=O) groups is 1. The van der Waals surface area contributed by atoms with E-state index >= 15 is 0 Å². The Morgan fingerprint density at radius 3 is 2.88 bits per heavy atom. The number of carbonyl (C=O) groups excluding carboxylic acids is 1. The zero-order chi connectivity index (χ0) is 12.3. The van der Waals surface area contributed by atoms with Gasteiger partial charge in [-0.1, -0.05) is 6.92 Å². The minimum absolute atomic E-state index is 0.0784. The molecule has 0 bridgehead atoms. The van der Waals surface area contributed by atoms with Crippen molar-refractivity contribution in [1.29, 1.82) is 0 Å². The minimum Gasteiger partial charge on any atom is -0.350 e. The molecule has 2 N–H and O–H groups in total. The van der Waals surface area contributed by atoms with Gasteiger partial charge in [-0.3, -0.25) is 4.79 Å². The fourth-order valence-corrected chi connectivity index (χ4v) is 2.12. The highest BCUT2D eigenvalue weighted by Gasteiger charge is 2.27. The Morgan fingerprint density at radius 2 is 2.29 bits per heavy atom. The van der Waals surface area contributed by atoms with Crippen molar-refractivity contribution in [2.75, 3.05) is 19.6 Å². The molecule has 0 atom stereocenters. The lowest BCUT2D eigenvalue weighted by Crippen LogP contribution is -2.42. The number of rotatable bonds is 3. The van der Waals surface area contributed by atoms with Crippen molar-refractivity contribution >= 4 is 5.91 Å². The van der Waals surface area contributed by atoms with Crippen molar-refractivity contribution in [3.8, 4) is 0 Å². The van der Waals surface area contributed by atoms with Crippen LogP contribution in [0.2, 0.25) is 0 Å². The van der Waals surface area contributed by atoms with Gasteiger partial charge in [-0.25, -0.2) is 4.98 Å². The average molecular weight is 236 g/mol. The molecule has 1 aromatic rings. The lowest BCUT2D eigenvalue weighted by molar-refractivity contribution is 0.0917. The third-order valence-corrected chi connectivity index (χ3v) is 3.42. The van der Waals surface area contributed by atoms with Gasteiger partial charge in [-0.15, -0.1) is 0 Å². The number of hydrogen-bond donors (Lipinski definition) is 2. The fraction of sp³-hybridized carbons (Fsp3) is 0.667. The number of aryl methyl sites for hydroxylation is 1. The smallest absolute Gasteiger partial charge is 0.271 e. The highest BCUT2D eigenvalue weighted by molar-refractivity contribution is 5.92. The topological polar surface area (TPSA) is 59.0 Å². The highest BCUT2D eigenvalue weighted by atomic mass is 16.1. The van der Waals surface area contributed by atoms with Crippen LogP contribution >= 0.6 is 0 Å². The maximum atomic E-state index is 11.8. The predicted octanol–water partition coefficient (Wildman–Crippen LogP) is 0.540. The molecule has 0 aliphatic carbocycles. The number of piperidine rings is 1. The number of amides is 1. The average Bonchev–Trinajstić information content (AvgIpc) is 2.74. The molecule has 1 amide bonds. The molecule has 0 spiro atoms. The summed E-state index contributed by atoms with van der Waals surface area (Å²) in [7, 11) is 1.86. The van der Waals surface area contributed by atoms with Gasteiger partial charge in [0.15, 0.2) is 0 Å². The minimum atomic E-state index is -0.0784. The quantitative estimate of drug-likeness (QED) is 0.805. The van der Waals surface area contributed by atoms with E-state index < -0.39 is 0 Å². The Kier molecular flexibility index (Phi) is 3.47. The molecule has 0 saturated carbocycles. The van der Waals surface area contributed by atoms with Crippen LogP contribution in [0.25, 0.3) is 0 Å². The Labute approximate surface area is 102 Å². The van der Waals surface area contributed by atoms with E-state index in [1.54, 1.807) is 17.1 Å². The largest absolute Gasteiger partial charge is 0.350 e. The standard InChI is InChI=1S/C12H20N4O/c1-12(3-5-13-6-4-12)8-14-11(17)10-7-16(2)9-15-10/h7,9,13H,3-6,8H2,1-2H3,(H,14,17). The third-order valence-electron chi connectivity index (χ3n) is 3.42. The lowest BCUT2D eigenvalue weighted by atomic mass is 9.81. The molecule has 94 valence electrons. The molecular formula is C12H20N4O. The highest BCUT2D eigenvalue weighted by Crippen LogP contribution is 2.26. The zero-order valence-electron chi connectivity index (χ0n) is 10.5. The molecule has 2 rings (SSSR count). The van der Waals surface area contributed by atoms with E-state index in [1.165, 1.54) is 0 Å². The van der Waals surface area contributed by atoms with Crippen molar-refractivity contribution in [3.63, 3.8) is 0 Å². The summed E-state index contributed by atoms with van der Waals surface area (Å²) in [6.07, 6.45) is 5.59.